The molecule has 2 aromatic carbocycles. The van der Waals surface area contributed by atoms with Crippen LogP contribution in [0.15, 0.2) is 42.5 Å². The van der Waals surface area contributed by atoms with E-state index in [-0.39, 0.29) is 12.7 Å². The Morgan fingerprint density at radius 3 is 2.62 bits per heavy atom. The van der Waals surface area contributed by atoms with Crippen molar-refractivity contribution in [2.75, 3.05) is 33.4 Å². The summed E-state index contributed by atoms with van der Waals surface area (Å²) >= 11 is 6.06. The van der Waals surface area contributed by atoms with Crippen LogP contribution in [-0.4, -0.2) is 55.6 Å². The highest BCUT2D eigenvalue weighted by Crippen LogP contribution is 2.21. The van der Waals surface area contributed by atoms with E-state index < -0.39 is 6.10 Å². The number of hydrogen-bond acceptors (Lipinski definition) is 5. The Bertz CT molecular complexity index is 762. The molecule has 0 spiro atoms. The molecule has 1 fully saturated rings. The Hall–Kier alpha value is -1.79. The lowest BCUT2D eigenvalue weighted by Crippen LogP contribution is -2.39. The van der Waals surface area contributed by atoms with Crippen LogP contribution in [0, 0.1) is 6.92 Å². The lowest BCUT2D eigenvalue weighted by atomic mass is 10.1. The number of halogens is 1. The molecule has 1 N–H and O–H groups in total. The number of aliphatic hydroxyl groups is 1. The maximum atomic E-state index is 10.6. The van der Waals surface area contributed by atoms with E-state index in [9.17, 15) is 5.11 Å². The molecule has 0 saturated carbocycles. The van der Waals surface area contributed by atoms with Crippen LogP contribution in [0.3, 0.4) is 0 Å². The predicted molar refractivity (Wildman–Crippen MR) is 115 cm³/mol. The molecule has 3 rings (SSSR count). The summed E-state index contributed by atoms with van der Waals surface area (Å²) in [5, 5.41) is 11.3. The lowest BCUT2D eigenvalue weighted by Gasteiger charge is -2.27. The predicted octanol–water partition coefficient (Wildman–Crippen LogP) is 4.08. The molecular weight excluding hydrogens is 390 g/mol. The topological polar surface area (TPSA) is 51.2 Å². The smallest absolute Gasteiger partial charge is 0.119 e. The summed E-state index contributed by atoms with van der Waals surface area (Å²) < 4.78 is 16.8. The van der Waals surface area contributed by atoms with Crippen LogP contribution in [0.4, 0.5) is 0 Å². The third-order valence-corrected chi connectivity index (χ3v) is 5.52. The van der Waals surface area contributed by atoms with E-state index >= 15 is 0 Å². The first-order chi connectivity index (χ1) is 14.0. The van der Waals surface area contributed by atoms with Crippen molar-refractivity contribution in [2.24, 2.45) is 0 Å². The maximum absolute atomic E-state index is 10.6. The minimum atomic E-state index is -0.606. The van der Waals surface area contributed by atoms with E-state index in [0.29, 0.717) is 17.3 Å². The van der Waals surface area contributed by atoms with Crippen molar-refractivity contribution in [1.82, 2.24) is 4.90 Å². The Morgan fingerprint density at radius 1 is 1.21 bits per heavy atom. The summed E-state index contributed by atoms with van der Waals surface area (Å²) in [5.41, 5.74) is 2.13. The molecule has 0 amide bonds. The average Bonchev–Trinajstić information content (AvgIpc) is 3.22. The standard InChI is InChI=1S/C23H30ClNO4/c1-17-12-21(9-10-23(17)24)29-16-19(26)14-25(15-22-4-3-11-28-22)13-18-5-7-20(27-2)8-6-18/h5-10,12,19,22,26H,3-4,11,13-16H2,1-2H3. The van der Waals surface area contributed by atoms with Gasteiger partial charge in [-0.2, -0.15) is 0 Å². The van der Waals surface area contributed by atoms with Crippen LogP contribution >= 0.6 is 11.6 Å². The van der Waals surface area contributed by atoms with Crippen molar-refractivity contribution in [3.63, 3.8) is 0 Å². The fourth-order valence-corrected chi connectivity index (χ4v) is 3.64. The first-order valence-electron chi connectivity index (χ1n) is 10.1. The molecule has 2 atom stereocenters. The monoisotopic (exact) mass is 419 g/mol. The molecule has 29 heavy (non-hydrogen) atoms. The molecule has 0 aromatic heterocycles. The summed E-state index contributed by atoms with van der Waals surface area (Å²) in [5.74, 6) is 1.55. The van der Waals surface area contributed by atoms with Gasteiger partial charge in [-0.3, -0.25) is 4.90 Å². The molecular formula is C23H30ClNO4. The molecule has 0 aliphatic carbocycles. The SMILES string of the molecule is COc1ccc(CN(CC(O)COc2ccc(Cl)c(C)c2)CC2CCCO2)cc1. The quantitative estimate of drug-likeness (QED) is 0.628. The Balaban J connectivity index is 1.57. The third kappa shape index (κ3) is 6.89. The second-order valence-electron chi connectivity index (χ2n) is 7.55. The van der Waals surface area contributed by atoms with Crippen LogP contribution in [-0.2, 0) is 11.3 Å². The lowest BCUT2D eigenvalue weighted by molar-refractivity contribution is 0.0313. The molecule has 2 aromatic rings. The van der Waals surface area contributed by atoms with Gasteiger partial charge in [0, 0.05) is 31.3 Å². The largest absolute Gasteiger partial charge is 0.497 e. The second kappa shape index (κ2) is 10.8. The van der Waals surface area contributed by atoms with Gasteiger partial charge in [0.05, 0.1) is 13.2 Å². The van der Waals surface area contributed by atoms with E-state index in [1.807, 2.05) is 37.3 Å². The van der Waals surface area contributed by atoms with Crippen molar-refractivity contribution in [3.8, 4) is 11.5 Å². The number of benzene rings is 2. The normalized spacial score (nSPS) is 17.5. The number of nitrogens with zero attached hydrogens (tertiary/aromatic N) is 1. The van der Waals surface area contributed by atoms with E-state index in [1.165, 1.54) is 5.56 Å². The van der Waals surface area contributed by atoms with Gasteiger partial charge in [0.15, 0.2) is 0 Å². The zero-order chi connectivity index (χ0) is 20.6. The van der Waals surface area contributed by atoms with Gasteiger partial charge in [-0.25, -0.2) is 0 Å². The van der Waals surface area contributed by atoms with Crippen LogP contribution in [0.25, 0.3) is 0 Å². The van der Waals surface area contributed by atoms with E-state index in [2.05, 4.69) is 17.0 Å². The van der Waals surface area contributed by atoms with Crippen molar-refractivity contribution in [1.29, 1.82) is 0 Å². The van der Waals surface area contributed by atoms with Crippen LogP contribution in [0.2, 0.25) is 5.02 Å². The fourth-order valence-electron chi connectivity index (χ4n) is 3.52. The van der Waals surface area contributed by atoms with Gasteiger partial charge in [-0.15, -0.1) is 0 Å². The zero-order valence-corrected chi connectivity index (χ0v) is 17.9. The highest BCUT2D eigenvalue weighted by atomic mass is 35.5. The molecule has 1 heterocycles. The number of hydrogen-bond donors (Lipinski definition) is 1. The molecule has 2 unspecified atom stereocenters. The number of ether oxygens (including phenoxy) is 3. The molecule has 158 valence electrons. The van der Waals surface area contributed by atoms with Crippen molar-refractivity contribution < 1.29 is 19.3 Å². The van der Waals surface area contributed by atoms with Gasteiger partial charge in [0.2, 0.25) is 0 Å². The summed E-state index contributed by atoms with van der Waals surface area (Å²) in [6.45, 7) is 5.03. The number of aliphatic hydroxyl groups excluding tert-OH is 1. The molecule has 6 heteroatoms. The van der Waals surface area contributed by atoms with Crippen LogP contribution < -0.4 is 9.47 Å². The number of methoxy groups -OCH3 is 1. The van der Waals surface area contributed by atoms with E-state index in [0.717, 1.165) is 43.9 Å². The Labute approximate surface area is 178 Å². The summed E-state index contributed by atoms with van der Waals surface area (Å²) in [6, 6.07) is 13.6. The minimum absolute atomic E-state index is 0.222. The molecule has 0 bridgehead atoms. The summed E-state index contributed by atoms with van der Waals surface area (Å²) in [6.07, 6.45) is 1.78. The first-order valence-corrected chi connectivity index (χ1v) is 10.4. The fraction of sp³-hybridized carbons (Fsp3) is 0.478. The van der Waals surface area contributed by atoms with Crippen molar-refractivity contribution in [2.45, 2.75) is 38.5 Å². The number of rotatable bonds is 10. The van der Waals surface area contributed by atoms with Gasteiger partial charge in [0.25, 0.3) is 0 Å². The van der Waals surface area contributed by atoms with Gasteiger partial charge >= 0.3 is 0 Å². The van der Waals surface area contributed by atoms with Gasteiger partial charge in [-0.1, -0.05) is 23.7 Å². The van der Waals surface area contributed by atoms with Gasteiger partial charge in [0.1, 0.15) is 24.2 Å². The van der Waals surface area contributed by atoms with Gasteiger partial charge < -0.3 is 19.3 Å². The molecule has 0 radical (unpaired) electrons. The van der Waals surface area contributed by atoms with E-state index in [1.54, 1.807) is 7.11 Å². The minimum Gasteiger partial charge on any atom is -0.497 e. The third-order valence-electron chi connectivity index (χ3n) is 5.09. The molecule has 5 nitrogen and oxygen atoms in total. The highest BCUT2D eigenvalue weighted by Gasteiger charge is 2.21. The summed E-state index contributed by atoms with van der Waals surface area (Å²) in [7, 11) is 1.66. The maximum Gasteiger partial charge on any atom is 0.119 e. The highest BCUT2D eigenvalue weighted by molar-refractivity contribution is 6.31. The van der Waals surface area contributed by atoms with Crippen molar-refractivity contribution in [3.05, 3.63) is 58.6 Å². The van der Waals surface area contributed by atoms with Crippen LogP contribution in [0.5, 0.6) is 11.5 Å². The first kappa shape index (κ1) is 21.9. The van der Waals surface area contributed by atoms with Gasteiger partial charge in [-0.05, 0) is 61.2 Å². The Kier molecular flexibility index (Phi) is 8.19. The summed E-state index contributed by atoms with van der Waals surface area (Å²) in [4.78, 5) is 2.24. The molecule has 1 saturated heterocycles. The van der Waals surface area contributed by atoms with Crippen LogP contribution in [0.1, 0.15) is 24.0 Å². The molecule has 1 aliphatic heterocycles. The average molecular weight is 420 g/mol. The second-order valence-corrected chi connectivity index (χ2v) is 7.96. The zero-order valence-electron chi connectivity index (χ0n) is 17.1. The van der Waals surface area contributed by atoms with Crippen molar-refractivity contribution >= 4 is 11.6 Å². The van der Waals surface area contributed by atoms with E-state index in [4.69, 9.17) is 25.8 Å². The molecule has 1 aliphatic rings. The Morgan fingerprint density at radius 2 is 1.97 bits per heavy atom. The number of aryl methyl sites for hydroxylation is 1.